The molecule has 9 heteroatoms. The molecule has 226 valence electrons. The second-order valence-electron chi connectivity index (χ2n) is 12.6. The molecular formula is C33H43N3O5S. The van der Waals surface area contributed by atoms with Crippen molar-refractivity contribution in [1.82, 2.24) is 9.80 Å². The van der Waals surface area contributed by atoms with Gasteiger partial charge < -0.3 is 24.5 Å². The lowest BCUT2D eigenvalue weighted by Crippen LogP contribution is -2.59. The quantitative estimate of drug-likeness (QED) is 0.480. The van der Waals surface area contributed by atoms with Crippen molar-refractivity contribution in [3.05, 3.63) is 48.6 Å². The van der Waals surface area contributed by atoms with Crippen LogP contribution in [0.25, 0.3) is 0 Å². The highest BCUT2D eigenvalue weighted by Gasteiger charge is 2.72. The van der Waals surface area contributed by atoms with Crippen molar-refractivity contribution < 1.29 is 24.2 Å². The molecule has 42 heavy (non-hydrogen) atoms. The Bertz CT molecular complexity index is 1260. The normalized spacial score (nSPS) is 32.1. The predicted octanol–water partition coefficient (Wildman–Crippen LogP) is 4.03. The zero-order valence-corrected chi connectivity index (χ0v) is 25.7. The molecule has 0 aromatic heterocycles. The van der Waals surface area contributed by atoms with E-state index in [0.717, 1.165) is 37.1 Å². The van der Waals surface area contributed by atoms with E-state index in [1.807, 2.05) is 56.0 Å². The molecule has 3 fully saturated rings. The van der Waals surface area contributed by atoms with Gasteiger partial charge in [-0.05, 0) is 49.9 Å². The lowest BCUT2D eigenvalue weighted by molar-refractivity contribution is -0.148. The number of fused-ring (bicyclic) bond motifs is 2. The average molecular weight is 594 g/mol. The minimum atomic E-state index is -0.878. The number of ether oxygens (including phenoxy) is 1. The van der Waals surface area contributed by atoms with E-state index < -0.39 is 28.7 Å². The largest absolute Gasteiger partial charge is 0.494 e. The van der Waals surface area contributed by atoms with Gasteiger partial charge in [0.05, 0.1) is 35.8 Å². The van der Waals surface area contributed by atoms with Crippen LogP contribution >= 0.6 is 11.8 Å². The summed E-state index contributed by atoms with van der Waals surface area (Å²) in [6.07, 6.45) is 13.6. The van der Waals surface area contributed by atoms with Crippen LogP contribution in [-0.4, -0.2) is 87.1 Å². The third-order valence-corrected chi connectivity index (χ3v) is 11.7. The molecule has 0 bridgehead atoms. The third kappa shape index (κ3) is 4.67. The predicted molar refractivity (Wildman–Crippen MR) is 164 cm³/mol. The first-order valence-electron chi connectivity index (χ1n) is 15.6. The zero-order chi connectivity index (χ0) is 29.6. The Balaban J connectivity index is 1.41. The van der Waals surface area contributed by atoms with Crippen molar-refractivity contribution >= 4 is 35.2 Å². The number of amides is 3. The molecule has 1 unspecified atom stereocenters. The second kappa shape index (κ2) is 11.7. The van der Waals surface area contributed by atoms with Crippen LogP contribution in [0.1, 0.15) is 52.9 Å². The van der Waals surface area contributed by atoms with Crippen molar-refractivity contribution in [3.63, 3.8) is 0 Å². The summed E-state index contributed by atoms with van der Waals surface area (Å²) >= 11 is 1.60. The molecule has 4 aliphatic heterocycles. The highest BCUT2D eigenvalue weighted by molar-refractivity contribution is 8.02. The molecule has 1 N–H and O–H groups in total. The molecule has 1 aromatic carbocycles. The Morgan fingerprint density at radius 2 is 1.74 bits per heavy atom. The van der Waals surface area contributed by atoms with Crippen LogP contribution in [0, 0.1) is 17.8 Å². The zero-order valence-electron chi connectivity index (χ0n) is 24.9. The van der Waals surface area contributed by atoms with Crippen LogP contribution in [-0.2, 0) is 14.4 Å². The van der Waals surface area contributed by atoms with Crippen LogP contribution in [0.4, 0.5) is 5.69 Å². The number of rotatable bonds is 7. The summed E-state index contributed by atoms with van der Waals surface area (Å²) in [5, 5.41) is 10.3. The van der Waals surface area contributed by atoms with E-state index in [9.17, 15) is 19.5 Å². The van der Waals surface area contributed by atoms with Crippen LogP contribution in [0.5, 0.6) is 5.75 Å². The number of anilines is 1. The lowest BCUT2D eigenvalue weighted by Gasteiger charge is -2.42. The van der Waals surface area contributed by atoms with E-state index in [2.05, 4.69) is 18.2 Å². The first kappa shape index (κ1) is 29.3. The third-order valence-electron chi connectivity index (χ3n) is 9.92. The fraction of sp³-hybridized carbons (Fsp3) is 0.606. The number of carbonyl (C=O) groups excluding carboxylic acids is 3. The summed E-state index contributed by atoms with van der Waals surface area (Å²) in [6.45, 7) is 7.15. The minimum absolute atomic E-state index is 0.0365. The Kier molecular flexibility index (Phi) is 8.17. The maximum absolute atomic E-state index is 14.7. The lowest BCUT2D eigenvalue weighted by atomic mass is 9.78. The standard InChI is InChI=1S/C33H43N3O5S/c1-4-41-24-15-13-23(14-16-24)34-18-8-12-26-27(30(34)38)28-31(39)36(25(20-37)21(2)3)29-32(40)35(22-10-6-5-7-11-22)19-9-17-33(28,29)42-26/h8-9,12-17,21-22,25-29,37H,4-7,10-11,18-20H2,1-3H3/t25-,26-,27+,28-,29?,33-/m0/s1. The first-order valence-corrected chi connectivity index (χ1v) is 16.5. The topological polar surface area (TPSA) is 90.4 Å². The molecule has 5 aliphatic rings. The molecule has 0 radical (unpaired) electrons. The fourth-order valence-corrected chi connectivity index (χ4v) is 9.91. The van der Waals surface area contributed by atoms with Gasteiger partial charge in [-0.2, -0.15) is 0 Å². The maximum atomic E-state index is 14.7. The van der Waals surface area contributed by atoms with Crippen LogP contribution in [0.3, 0.4) is 0 Å². The molecule has 6 rings (SSSR count). The summed E-state index contributed by atoms with van der Waals surface area (Å²) in [6, 6.07) is 6.39. The summed E-state index contributed by atoms with van der Waals surface area (Å²) in [5.41, 5.74) is 0.755. The van der Waals surface area contributed by atoms with Gasteiger partial charge in [0.25, 0.3) is 0 Å². The van der Waals surface area contributed by atoms with Crippen LogP contribution in [0.15, 0.2) is 48.6 Å². The monoisotopic (exact) mass is 593 g/mol. The number of aliphatic hydroxyl groups is 1. The molecule has 8 nitrogen and oxygen atoms in total. The Morgan fingerprint density at radius 3 is 2.40 bits per heavy atom. The highest BCUT2D eigenvalue weighted by atomic mass is 32.2. The van der Waals surface area contributed by atoms with Crippen molar-refractivity contribution in [2.24, 2.45) is 17.8 Å². The Labute approximate surface area is 253 Å². The molecule has 1 spiro atoms. The molecule has 6 atom stereocenters. The summed E-state index contributed by atoms with van der Waals surface area (Å²) in [7, 11) is 0. The van der Waals surface area contributed by atoms with Gasteiger partial charge in [-0.1, -0.05) is 57.4 Å². The van der Waals surface area contributed by atoms with E-state index in [0.29, 0.717) is 19.7 Å². The van der Waals surface area contributed by atoms with Gasteiger partial charge in [0, 0.05) is 30.1 Å². The van der Waals surface area contributed by atoms with Crippen molar-refractivity contribution in [3.8, 4) is 5.75 Å². The second-order valence-corrected chi connectivity index (χ2v) is 14.1. The molecule has 1 saturated carbocycles. The van der Waals surface area contributed by atoms with E-state index in [1.165, 1.54) is 6.42 Å². The van der Waals surface area contributed by atoms with Gasteiger partial charge in [-0.3, -0.25) is 14.4 Å². The average Bonchev–Trinajstić information content (AvgIpc) is 3.30. The van der Waals surface area contributed by atoms with Gasteiger partial charge in [0.2, 0.25) is 17.7 Å². The van der Waals surface area contributed by atoms with Gasteiger partial charge in [-0.25, -0.2) is 0 Å². The Hall–Kier alpha value is -2.78. The summed E-state index contributed by atoms with van der Waals surface area (Å²) in [4.78, 5) is 49.2. The Morgan fingerprint density at radius 1 is 1.00 bits per heavy atom. The number of hydrogen-bond acceptors (Lipinski definition) is 6. The molecule has 1 aliphatic carbocycles. The summed E-state index contributed by atoms with van der Waals surface area (Å²) in [5.74, 6) is -0.953. The molecule has 1 aromatic rings. The minimum Gasteiger partial charge on any atom is -0.494 e. The number of nitrogens with zero attached hydrogens (tertiary/aromatic N) is 3. The smallest absolute Gasteiger partial charge is 0.247 e. The molecule has 2 saturated heterocycles. The SMILES string of the molecule is CCOc1ccc(N2CC=C[C@@H]3S[C@]45C=CCN(C6CCCCC6)C(=O)C4N([C@@H](CO)C(C)C)C(=O)[C@@H]5[C@@H]3C2=O)cc1. The van der Waals surface area contributed by atoms with E-state index in [1.54, 1.807) is 21.6 Å². The number of carbonyl (C=O) groups is 3. The number of likely N-dealkylation sites (tertiary alicyclic amines) is 1. The first-order chi connectivity index (χ1) is 20.3. The van der Waals surface area contributed by atoms with Crippen molar-refractivity contribution in [2.45, 2.75) is 81.0 Å². The highest BCUT2D eigenvalue weighted by Crippen LogP contribution is 2.61. The summed E-state index contributed by atoms with van der Waals surface area (Å²) < 4.78 is 4.72. The number of benzene rings is 1. The maximum Gasteiger partial charge on any atom is 0.247 e. The van der Waals surface area contributed by atoms with Crippen LogP contribution < -0.4 is 9.64 Å². The van der Waals surface area contributed by atoms with Crippen molar-refractivity contribution in [2.75, 3.05) is 31.2 Å². The molecule has 3 amide bonds. The molecule has 4 heterocycles. The van der Waals surface area contributed by atoms with E-state index in [-0.39, 0.29) is 41.5 Å². The van der Waals surface area contributed by atoms with Gasteiger partial charge in [0.15, 0.2) is 0 Å². The molecular weight excluding hydrogens is 550 g/mol. The van der Waals surface area contributed by atoms with E-state index in [4.69, 9.17) is 4.74 Å². The van der Waals surface area contributed by atoms with Gasteiger partial charge in [0.1, 0.15) is 11.8 Å². The number of thioether (sulfide) groups is 1. The van der Waals surface area contributed by atoms with Crippen LogP contribution in [0.2, 0.25) is 0 Å². The number of aliphatic hydroxyl groups excluding tert-OH is 1. The van der Waals surface area contributed by atoms with Gasteiger partial charge in [-0.15, -0.1) is 11.8 Å². The van der Waals surface area contributed by atoms with E-state index >= 15 is 0 Å². The number of hydrogen-bond donors (Lipinski definition) is 1. The van der Waals surface area contributed by atoms with Crippen molar-refractivity contribution in [1.29, 1.82) is 0 Å². The fourth-order valence-electron chi connectivity index (χ4n) is 7.91. The van der Waals surface area contributed by atoms with Gasteiger partial charge >= 0.3 is 0 Å².